The number of para-hydroxylation sites is 4. The molecule has 0 spiro atoms. The highest BCUT2D eigenvalue weighted by Gasteiger charge is 2.37. The van der Waals surface area contributed by atoms with E-state index < -0.39 is 0 Å². The van der Waals surface area contributed by atoms with Crippen molar-refractivity contribution in [2.24, 2.45) is 0 Å². The summed E-state index contributed by atoms with van der Waals surface area (Å²) in [5.74, 6) is 0. The summed E-state index contributed by atoms with van der Waals surface area (Å²) < 4.78 is 2.25. The first-order valence-corrected chi connectivity index (χ1v) is 17.1. The largest absolute Gasteiger partial charge is 0.310 e. The molecule has 0 radical (unpaired) electrons. The lowest BCUT2D eigenvalue weighted by Gasteiger charge is -2.42. The summed E-state index contributed by atoms with van der Waals surface area (Å²) in [7, 11) is 0. The predicted molar refractivity (Wildman–Crippen MR) is 208 cm³/mol. The summed E-state index contributed by atoms with van der Waals surface area (Å²) >= 11 is 0. The quantitative estimate of drug-likeness (QED) is 0.190. The van der Waals surface area contributed by atoms with Crippen LogP contribution in [0.25, 0.3) is 49.7 Å². The maximum absolute atomic E-state index is 10.7. The van der Waals surface area contributed by atoms with Gasteiger partial charge in [-0.25, -0.2) is 0 Å². The highest BCUT2D eigenvalue weighted by atomic mass is 15.2. The molecule has 0 aliphatic carbocycles. The highest BCUT2D eigenvalue weighted by Crippen LogP contribution is 2.52. The summed E-state index contributed by atoms with van der Waals surface area (Å²) in [6.45, 7) is 4.58. The maximum Gasteiger partial charge on any atom is 0.0998 e. The Kier molecular flexibility index (Phi) is 6.88. The summed E-state index contributed by atoms with van der Waals surface area (Å²) in [6.07, 6.45) is 0. The van der Waals surface area contributed by atoms with Crippen LogP contribution in [-0.2, 0) is 5.41 Å². The third kappa shape index (κ3) is 4.66. The van der Waals surface area contributed by atoms with Crippen LogP contribution < -0.4 is 4.90 Å². The van der Waals surface area contributed by atoms with E-state index in [1.54, 1.807) is 0 Å². The minimum Gasteiger partial charge on any atom is -0.310 e. The zero-order valence-corrected chi connectivity index (χ0v) is 28.3. The first-order chi connectivity index (χ1) is 25.0. The van der Waals surface area contributed by atoms with E-state index in [0.29, 0.717) is 11.1 Å². The Morgan fingerprint density at radius 3 is 1.82 bits per heavy atom. The molecule has 0 saturated heterocycles. The van der Waals surface area contributed by atoms with Gasteiger partial charge in [-0.1, -0.05) is 105 Å². The molecule has 0 bridgehead atoms. The van der Waals surface area contributed by atoms with Gasteiger partial charge in [0.05, 0.1) is 51.4 Å². The standard InChI is InChI=1S/C47H32N4/c1-47(2)40-16-8-11-19-45(40)50(35-12-4-3-5-13-35)46-25-22-33(28-41(46)47)32-21-23-36(34(27-32)30-49)39-26-31(29-48)20-24-44(39)51-42-17-9-6-14-37(42)38-15-7-10-18-43(38)51/h3-28H,1-2H3. The molecule has 2 heterocycles. The maximum atomic E-state index is 10.7. The van der Waals surface area contributed by atoms with E-state index in [2.05, 4.69) is 145 Å². The molecule has 4 heteroatoms. The van der Waals surface area contributed by atoms with Gasteiger partial charge in [0.15, 0.2) is 0 Å². The van der Waals surface area contributed by atoms with Gasteiger partial charge in [0, 0.05) is 33.0 Å². The molecule has 0 saturated carbocycles. The van der Waals surface area contributed by atoms with E-state index in [4.69, 9.17) is 0 Å². The molecule has 240 valence electrons. The first kappa shape index (κ1) is 30.2. The first-order valence-electron chi connectivity index (χ1n) is 17.1. The van der Waals surface area contributed by atoms with Crippen molar-refractivity contribution in [3.05, 3.63) is 180 Å². The molecular formula is C47H32N4. The van der Waals surface area contributed by atoms with Gasteiger partial charge in [-0.2, -0.15) is 10.5 Å². The third-order valence-electron chi connectivity index (χ3n) is 10.5. The number of benzene rings is 7. The predicted octanol–water partition coefficient (Wildman–Crippen LogP) is 12.0. The minimum absolute atomic E-state index is 0.250. The van der Waals surface area contributed by atoms with E-state index in [-0.39, 0.29) is 5.41 Å². The lowest BCUT2D eigenvalue weighted by molar-refractivity contribution is 0.632. The molecule has 7 aromatic carbocycles. The van der Waals surface area contributed by atoms with Gasteiger partial charge >= 0.3 is 0 Å². The molecule has 51 heavy (non-hydrogen) atoms. The fraction of sp³-hybridized carbons (Fsp3) is 0.0638. The van der Waals surface area contributed by atoms with Crippen molar-refractivity contribution in [1.29, 1.82) is 10.5 Å². The smallest absolute Gasteiger partial charge is 0.0998 e. The normalized spacial score (nSPS) is 13.0. The Bertz CT molecular complexity index is 2700. The number of nitrogens with zero attached hydrogens (tertiary/aromatic N) is 4. The van der Waals surface area contributed by atoms with Crippen molar-refractivity contribution >= 4 is 38.9 Å². The van der Waals surface area contributed by atoms with Crippen molar-refractivity contribution in [3.8, 4) is 40.1 Å². The molecule has 1 aliphatic heterocycles. The van der Waals surface area contributed by atoms with Crippen LogP contribution in [0.1, 0.15) is 36.1 Å². The second-order valence-corrected chi connectivity index (χ2v) is 13.6. The number of aromatic nitrogens is 1. The zero-order valence-electron chi connectivity index (χ0n) is 28.3. The van der Waals surface area contributed by atoms with Crippen molar-refractivity contribution in [1.82, 2.24) is 4.57 Å². The van der Waals surface area contributed by atoms with Crippen molar-refractivity contribution in [2.45, 2.75) is 19.3 Å². The topological polar surface area (TPSA) is 55.8 Å². The number of hydrogen-bond donors (Lipinski definition) is 0. The van der Waals surface area contributed by atoms with Crippen LogP contribution in [0.4, 0.5) is 17.1 Å². The molecule has 0 fully saturated rings. The Morgan fingerprint density at radius 1 is 0.490 bits per heavy atom. The Labute approximate surface area is 297 Å². The van der Waals surface area contributed by atoms with E-state index in [1.165, 1.54) is 16.8 Å². The Hall–Kier alpha value is -6.88. The summed E-state index contributed by atoms with van der Waals surface area (Å²) in [6, 6.07) is 59.3. The van der Waals surface area contributed by atoms with Gasteiger partial charge in [0.2, 0.25) is 0 Å². The molecule has 9 rings (SSSR count). The zero-order chi connectivity index (χ0) is 34.7. The van der Waals surface area contributed by atoms with Gasteiger partial charge < -0.3 is 9.47 Å². The van der Waals surface area contributed by atoms with Gasteiger partial charge in [0.25, 0.3) is 0 Å². The SMILES string of the molecule is CC1(C)c2ccccc2N(c2ccccc2)c2ccc(-c3ccc(-c4cc(C#N)ccc4-n4c5ccccc5c5ccccc54)c(C#N)c3)cc21. The van der Waals surface area contributed by atoms with Crippen LogP contribution >= 0.6 is 0 Å². The Balaban J connectivity index is 1.21. The van der Waals surface area contributed by atoms with E-state index in [9.17, 15) is 10.5 Å². The van der Waals surface area contributed by atoms with Crippen molar-refractivity contribution in [3.63, 3.8) is 0 Å². The van der Waals surface area contributed by atoms with Crippen LogP contribution in [0.5, 0.6) is 0 Å². The average Bonchev–Trinajstić information content (AvgIpc) is 3.52. The number of nitriles is 2. The van der Waals surface area contributed by atoms with Gasteiger partial charge in [-0.3, -0.25) is 0 Å². The molecule has 1 aromatic heterocycles. The van der Waals surface area contributed by atoms with Gasteiger partial charge in [0.1, 0.15) is 0 Å². The van der Waals surface area contributed by atoms with Crippen LogP contribution in [0.15, 0.2) is 158 Å². The number of anilines is 3. The Morgan fingerprint density at radius 2 is 1.10 bits per heavy atom. The van der Waals surface area contributed by atoms with Crippen molar-refractivity contribution < 1.29 is 0 Å². The molecule has 1 aliphatic rings. The number of rotatable bonds is 4. The molecule has 0 atom stereocenters. The summed E-state index contributed by atoms with van der Waals surface area (Å²) in [5, 5.41) is 22.9. The second kappa shape index (κ2) is 11.6. The van der Waals surface area contributed by atoms with Crippen LogP contribution in [-0.4, -0.2) is 4.57 Å². The van der Waals surface area contributed by atoms with Gasteiger partial charge in [-0.05, 0) is 89.0 Å². The fourth-order valence-corrected chi connectivity index (χ4v) is 7.99. The average molecular weight is 653 g/mol. The minimum atomic E-state index is -0.250. The lowest BCUT2D eigenvalue weighted by atomic mass is 9.73. The van der Waals surface area contributed by atoms with E-state index >= 15 is 0 Å². The number of fused-ring (bicyclic) bond motifs is 5. The second-order valence-electron chi connectivity index (χ2n) is 13.6. The van der Waals surface area contributed by atoms with Crippen molar-refractivity contribution in [2.75, 3.05) is 4.90 Å². The van der Waals surface area contributed by atoms with Crippen LogP contribution in [0, 0.1) is 22.7 Å². The van der Waals surface area contributed by atoms with E-state index in [1.807, 2.05) is 48.5 Å². The lowest BCUT2D eigenvalue weighted by Crippen LogP contribution is -2.30. The molecule has 0 unspecified atom stereocenters. The molecule has 4 nitrogen and oxygen atoms in total. The van der Waals surface area contributed by atoms with Crippen LogP contribution in [0.2, 0.25) is 0 Å². The number of hydrogen-bond acceptors (Lipinski definition) is 3. The highest BCUT2D eigenvalue weighted by molar-refractivity contribution is 6.09. The van der Waals surface area contributed by atoms with E-state index in [0.717, 1.165) is 61.1 Å². The molecular weight excluding hydrogens is 621 g/mol. The molecule has 8 aromatic rings. The molecule has 0 N–H and O–H groups in total. The van der Waals surface area contributed by atoms with Crippen LogP contribution in [0.3, 0.4) is 0 Å². The summed E-state index contributed by atoms with van der Waals surface area (Å²) in [4.78, 5) is 2.35. The van der Waals surface area contributed by atoms with Gasteiger partial charge in [-0.15, -0.1) is 0 Å². The monoisotopic (exact) mass is 652 g/mol. The fourth-order valence-electron chi connectivity index (χ4n) is 7.99. The molecule has 0 amide bonds. The summed E-state index contributed by atoms with van der Waals surface area (Å²) in [5.41, 5.74) is 13.5. The third-order valence-corrected chi connectivity index (χ3v) is 10.5.